The monoisotopic (exact) mass is 264 g/mol. The van der Waals surface area contributed by atoms with Gasteiger partial charge in [0.1, 0.15) is 11.9 Å². The Kier molecular flexibility index (Phi) is 3.89. The van der Waals surface area contributed by atoms with Gasteiger partial charge in [0.2, 0.25) is 5.91 Å². The number of nitrogens with zero attached hydrogens (tertiary/aromatic N) is 1. The van der Waals surface area contributed by atoms with Gasteiger partial charge in [-0.2, -0.15) is 0 Å². The average molecular weight is 264 g/mol. The Balaban J connectivity index is 2.08. The maximum absolute atomic E-state index is 11.1. The largest absolute Gasteiger partial charge is 0.511 e. The Hall–Kier alpha value is -2.24. The summed E-state index contributed by atoms with van der Waals surface area (Å²) in [6.07, 6.45) is 0.597. The van der Waals surface area contributed by atoms with E-state index in [4.69, 9.17) is 5.11 Å². The molecule has 0 bridgehead atoms. The molecule has 1 saturated heterocycles. The number of nitrogens with one attached hydrogen (secondary N) is 1. The molecule has 0 spiro atoms. The first-order chi connectivity index (χ1) is 9.06. The van der Waals surface area contributed by atoms with E-state index in [1.165, 1.54) is 6.92 Å². The van der Waals surface area contributed by atoms with Crippen LogP contribution in [0.2, 0.25) is 0 Å². The molecule has 1 aliphatic rings. The molecule has 6 nitrogen and oxygen atoms in total. The quantitative estimate of drug-likeness (QED) is 0.643. The molecule has 1 atom stereocenters. The Morgan fingerprint density at radius 1 is 1.37 bits per heavy atom. The third-order valence-electron chi connectivity index (χ3n) is 3.00. The van der Waals surface area contributed by atoms with Gasteiger partial charge < -0.3 is 20.1 Å². The fourth-order valence-corrected chi connectivity index (χ4v) is 2.27. The van der Waals surface area contributed by atoms with Crippen molar-refractivity contribution in [1.29, 1.82) is 0 Å². The van der Waals surface area contributed by atoms with Gasteiger partial charge in [-0.15, -0.1) is 0 Å². The molecule has 1 fully saturated rings. The van der Waals surface area contributed by atoms with Crippen molar-refractivity contribution in [2.75, 3.05) is 11.4 Å². The second-order valence-electron chi connectivity index (χ2n) is 4.41. The molecule has 0 aliphatic carbocycles. The number of hydrogen-bond donors (Lipinski definition) is 2. The molecule has 6 heteroatoms. The summed E-state index contributed by atoms with van der Waals surface area (Å²) in [5, 5.41) is 11.4. The lowest BCUT2D eigenvalue weighted by Crippen LogP contribution is -2.43. The summed E-state index contributed by atoms with van der Waals surface area (Å²) in [6, 6.07) is 6.79. The minimum Gasteiger partial charge on any atom is -0.449 e. The number of carbonyl (C=O) groups excluding carboxylic acids is 1. The van der Waals surface area contributed by atoms with E-state index in [1.54, 1.807) is 24.3 Å². The van der Waals surface area contributed by atoms with Crippen LogP contribution in [0.5, 0.6) is 5.75 Å². The van der Waals surface area contributed by atoms with Crippen LogP contribution in [0, 0.1) is 0 Å². The SMILES string of the molecule is CC(=O)NC1CCCN1c1ccc(OC(=O)O)cc1. The minimum atomic E-state index is -1.33. The van der Waals surface area contributed by atoms with E-state index < -0.39 is 6.16 Å². The molecule has 0 radical (unpaired) electrons. The highest BCUT2D eigenvalue weighted by Gasteiger charge is 2.25. The summed E-state index contributed by atoms with van der Waals surface area (Å²) >= 11 is 0. The van der Waals surface area contributed by atoms with E-state index in [-0.39, 0.29) is 17.8 Å². The standard InChI is InChI=1S/C13H16N2O4/c1-9(16)14-12-3-2-8-15(12)10-4-6-11(7-5-10)19-13(17)18/h4-7,12H,2-3,8H2,1H3,(H,14,16)(H,17,18). The third-order valence-corrected chi connectivity index (χ3v) is 3.00. The number of ether oxygens (including phenoxy) is 1. The first kappa shape index (κ1) is 13.2. The Morgan fingerprint density at radius 2 is 2.05 bits per heavy atom. The van der Waals surface area contributed by atoms with Crippen molar-refractivity contribution >= 4 is 17.7 Å². The van der Waals surface area contributed by atoms with Gasteiger partial charge >= 0.3 is 6.16 Å². The number of hydrogen-bond acceptors (Lipinski definition) is 4. The van der Waals surface area contributed by atoms with Crippen molar-refractivity contribution < 1.29 is 19.4 Å². The van der Waals surface area contributed by atoms with Gasteiger partial charge in [0.25, 0.3) is 0 Å². The lowest BCUT2D eigenvalue weighted by atomic mass is 10.2. The summed E-state index contributed by atoms with van der Waals surface area (Å²) in [4.78, 5) is 23.6. The third kappa shape index (κ3) is 3.37. The van der Waals surface area contributed by atoms with E-state index in [0.29, 0.717) is 0 Å². The van der Waals surface area contributed by atoms with Crippen LogP contribution in [0.25, 0.3) is 0 Å². The summed E-state index contributed by atoms with van der Waals surface area (Å²) in [5.41, 5.74) is 0.939. The molecule has 2 N–H and O–H groups in total. The van der Waals surface area contributed by atoms with Gasteiger partial charge in [-0.3, -0.25) is 4.79 Å². The summed E-state index contributed by atoms with van der Waals surface area (Å²) in [6.45, 7) is 2.37. The molecule has 1 aliphatic heterocycles. The van der Waals surface area contributed by atoms with Gasteiger partial charge in [0.15, 0.2) is 0 Å². The topological polar surface area (TPSA) is 78.9 Å². The first-order valence-electron chi connectivity index (χ1n) is 6.11. The average Bonchev–Trinajstić information content (AvgIpc) is 2.76. The lowest BCUT2D eigenvalue weighted by Gasteiger charge is -2.27. The number of rotatable bonds is 3. The predicted molar refractivity (Wildman–Crippen MR) is 69.3 cm³/mol. The van der Waals surface area contributed by atoms with Crippen molar-refractivity contribution in [1.82, 2.24) is 5.32 Å². The van der Waals surface area contributed by atoms with E-state index in [0.717, 1.165) is 25.1 Å². The fourth-order valence-electron chi connectivity index (χ4n) is 2.27. The molecule has 19 heavy (non-hydrogen) atoms. The number of carbonyl (C=O) groups is 2. The van der Waals surface area contributed by atoms with Gasteiger partial charge in [0, 0.05) is 19.2 Å². The van der Waals surface area contributed by atoms with Crippen molar-refractivity contribution in [3.8, 4) is 5.75 Å². The van der Waals surface area contributed by atoms with Gasteiger partial charge in [-0.1, -0.05) is 0 Å². The van der Waals surface area contributed by atoms with E-state index >= 15 is 0 Å². The molecular formula is C13H16N2O4. The maximum atomic E-state index is 11.1. The highest BCUT2D eigenvalue weighted by atomic mass is 16.7. The molecular weight excluding hydrogens is 248 g/mol. The Bertz CT molecular complexity index is 472. The molecule has 2 rings (SSSR count). The molecule has 1 aromatic rings. The summed E-state index contributed by atoms with van der Waals surface area (Å²) in [7, 11) is 0. The molecule has 102 valence electrons. The van der Waals surface area contributed by atoms with Gasteiger partial charge in [-0.05, 0) is 37.1 Å². The van der Waals surface area contributed by atoms with E-state index in [2.05, 4.69) is 15.0 Å². The zero-order valence-corrected chi connectivity index (χ0v) is 10.6. The summed E-state index contributed by atoms with van der Waals surface area (Å²) < 4.78 is 4.55. The molecule has 1 amide bonds. The fraction of sp³-hybridized carbons (Fsp3) is 0.385. The van der Waals surface area contributed by atoms with Gasteiger partial charge in [0.05, 0.1) is 0 Å². The number of anilines is 1. The highest BCUT2D eigenvalue weighted by molar-refractivity contribution is 5.74. The second-order valence-corrected chi connectivity index (χ2v) is 4.41. The molecule has 1 unspecified atom stereocenters. The van der Waals surface area contributed by atoms with Crippen LogP contribution in [0.3, 0.4) is 0 Å². The van der Waals surface area contributed by atoms with E-state index in [9.17, 15) is 9.59 Å². The highest BCUT2D eigenvalue weighted by Crippen LogP contribution is 2.26. The van der Waals surface area contributed by atoms with Crippen LogP contribution < -0.4 is 15.0 Å². The first-order valence-corrected chi connectivity index (χ1v) is 6.11. The van der Waals surface area contributed by atoms with Crippen LogP contribution in [0.15, 0.2) is 24.3 Å². The van der Waals surface area contributed by atoms with E-state index in [1.807, 2.05) is 0 Å². The zero-order chi connectivity index (χ0) is 13.8. The predicted octanol–water partition coefficient (Wildman–Crippen LogP) is 1.81. The van der Waals surface area contributed by atoms with Crippen molar-refractivity contribution in [3.63, 3.8) is 0 Å². The number of carboxylic acid groups (broad SMARTS) is 1. The van der Waals surface area contributed by atoms with Crippen LogP contribution >= 0.6 is 0 Å². The normalized spacial score (nSPS) is 18.2. The smallest absolute Gasteiger partial charge is 0.449 e. The molecule has 0 saturated carbocycles. The number of benzene rings is 1. The minimum absolute atomic E-state index is 0.00346. The Morgan fingerprint density at radius 3 is 2.63 bits per heavy atom. The van der Waals surface area contributed by atoms with Crippen LogP contribution in [-0.2, 0) is 4.79 Å². The van der Waals surface area contributed by atoms with Crippen molar-refractivity contribution in [3.05, 3.63) is 24.3 Å². The van der Waals surface area contributed by atoms with Crippen molar-refractivity contribution in [2.45, 2.75) is 25.9 Å². The van der Waals surface area contributed by atoms with Crippen LogP contribution in [-0.4, -0.2) is 29.9 Å². The lowest BCUT2D eigenvalue weighted by molar-refractivity contribution is -0.119. The van der Waals surface area contributed by atoms with Crippen LogP contribution in [0.4, 0.5) is 10.5 Å². The molecule has 1 heterocycles. The zero-order valence-electron chi connectivity index (χ0n) is 10.6. The second kappa shape index (κ2) is 5.60. The van der Waals surface area contributed by atoms with Crippen LogP contribution in [0.1, 0.15) is 19.8 Å². The molecule has 1 aromatic carbocycles. The summed E-state index contributed by atoms with van der Waals surface area (Å²) in [5.74, 6) is 0.231. The van der Waals surface area contributed by atoms with Crippen molar-refractivity contribution in [2.24, 2.45) is 0 Å². The number of amides is 1. The maximum Gasteiger partial charge on any atom is 0.511 e. The van der Waals surface area contributed by atoms with Gasteiger partial charge in [-0.25, -0.2) is 4.79 Å². The molecule has 0 aromatic heterocycles. The Labute approximate surface area is 111 Å².